The van der Waals surface area contributed by atoms with Crippen LogP contribution in [0.4, 0.5) is 17.6 Å². The molecule has 0 N–H and O–H groups in total. The summed E-state index contributed by atoms with van der Waals surface area (Å²) in [4.78, 5) is 18.9. The minimum absolute atomic E-state index is 0.0157. The molecule has 35 heavy (non-hydrogen) atoms. The predicted molar refractivity (Wildman–Crippen MR) is 113 cm³/mol. The third kappa shape index (κ3) is 4.20. The number of amides is 1. The Kier molecular flexibility index (Phi) is 5.87. The molecule has 2 aliphatic heterocycles. The number of ether oxygens (including phenoxy) is 4. The molecule has 3 heterocycles. The van der Waals surface area contributed by atoms with E-state index in [0.29, 0.717) is 18.5 Å². The highest BCUT2D eigenvalue weighted by atomic mass is 19.4. The van der Waals surface area contributed by atoms with Gasteiger partial charge in [-0.25, -0.2) is 9.37 Å². The van der Waals surface area contributed by atoms with Crippen molar-refractivity contribution in [3.05, 3.63) is 53.5 Å². The highest BCUT2D eigenvalue weighted by Crippen LogP contribution is 2.57. The number of carbonyl (C=O) groups excluding carboxylic acids is 1. The smallest absolute Gasteiger partial charge is 0.397 e. The summed E-state index contributed by atoms with van der Waals surface area (Å²) in [6.45, 7) is 0.00707. The van der Waals surface area contributed by atoms with Crippen molar-refractivity contribution in [1.82, 2.24) is 9.88 Å². The van der Waals surface area contributed by atoms with Crippen LogP contribution in [0.15, 0.2) is 36.4 Å². The Balaban J connectivity index is 1.29. The van der Waals surface area contributed by atoms with Crippen LogP contribution in [-0.2, 0) is 15.1 Å². The average Bonchev–Trinajstić information content (AvgIpc) is 3.53. The van der Waals surface area contributed by atoms with E-state index in [-0.39, 0.29) is 49.3 Å². The quantitative estimate of drug-likeness (QED) is 0.562. The van der Waals surface area contributed by atoms with E-state index in [1.165, 1.54) is 31.4 Å². The average molecular weight is 496 g/mol. The minimum Gasteiger partial charge on any atom is -0.487 e. The van der Waals surface area contributed by atoms with E-state index < -0.39 is 35.8 Å². The van der Waals surface area contributed by atoms with Crippen molar-refractivity contribution >= 4 is 5.91 Å². The molecule has 188 valence electrons. The fourth-order valence-corrected chi connectivity index (χ4v) is 4.67. The predicted octanol–water partition coefficient (Wildman–Crippen LogP) is 4.06. The maximum atomic E-state index is 13.8. The summed E-state index contributed by atoms with van der Waals surface area (Å²) in [7, 11) is 1.30. The number of halogens is 4. The summed E-state index contributed by atoms with van der Waals surface area (Å²) in [6.07, 6.45) is -4.41. The third-order valence-corrected chi connectivity index (χ3v) is 7.04. The van der Waals surface area contributed by atoms with Gasteiger partial charge in [-0.1, -0.05) is 12.1 Å². The summed E-state index contributed by atoms with van der Waals surface area (Å²) in [5.74, 6) is -0.811. The van der Waals surface area contributed by atoms with Crippen LogP contribution in [0.2, 0.25) is 0 Å². The molecule has 3 fully saturated rings. The van der Waals surface area contributed by atoms with Crippen LogP contribution in [0, 0.1) is 11.2 Å². The zero-order valence-electron chi connectivity index (χ0n) is 18.9. The largest absolute Gasteiger partial charge is 0.487 e. The zero-order valence-corrected chi connectivity index (χ0v) is 18.9. The summed E-state index contributed by atoms with van der Waals surface area (Å²) >= 11 is 0. The molecule has 11 heteroatoms. The number of hydrogen-bond donors (Lipinski definition) is 0. The summed E-state index contributed by atoms with van der Waals surface area (Å²) in [5.41, 5.74) is -1.97. The number of hydrogen-bond acceptors (Lipinski definition) is 6. The molecule has 0 radical (unpaired) electrons. The van der Waals surface area contributed by atoms with Crippen molar-refractivity contribution in [3.63, 3.8) is 0 Å². The van der Waals surface area contributed by atoms with Gasteiger partial charge >= 0.3 is 6.18 Å². The molecule has 0 spiro atoms. The van der Waals surface area contributed by atoms with Gasteiger partial charge in [0.05, 0.1) is 13.7 Å². The van der Waals surface area contributed by atoms with Crippen molar-refractivity contribution in [2.24, 2.45) is 5.41 Å². The first-order valence-electron chi connectivity index (χ1n) is 11.2. The molecular formula is C24H24F4N2O5. The number of pyridine rings is 1. The van der Waals surface area contributed by atoms with Crippen LogP contribution in [0.25, 0.3) is 0 Å². The molecule has 5 rings (SSSR count). The van der Waals surface area contributed by atoms with Crippen molar-refractivity contribution in [2.75, 3.05) is 33.6 Å². The Labute approximate surface area is 198 Å². The number of nitrogens with zero attached hydrogens (tertiary/aromatic N) is 2. The first-order valence-corrected chi connectivity index (χ1v) is 11.2. The lowest BCUT2D eigenvalue weighted by molar-refractivity contribution is -0.194. The molecule has 2 aromatic rings. The van der Waals surface area contributed by atoms with Crippen molar-refractivity contribution < 1.29 is 41.3 Å². The van der Waals surface area contributed by atoms with Gasteiger partial charge in [0.15, 0.2) is 5.75 Å². The lowest BCUT2D eigenvalue weighted by Gasteiger charge is -2.41. The summed E-state index contributed by atoms with van der Waals surface area (Å²) in [6, 6.07) is 8.93. The minimum atomic E-state index is -4.34. The van der Waals surface area contributed by atoms with E-state index >= 15 is 0 Å². The van der Waals surface area contributed by atoms with E-state index in [4.69, 9.17) is 18.9 Å². The number of aromatic nitrogens is 1. The topological polar surface area (TPSA) is 70.1 Å². The van der Waals surface area contributed by atoms with E-state index in [1.807, 2.05) is 0 Å². The Morgan fingerprint density at radius 2 is 2.03 bits per heavy atom. The second-order valence-corrected chi connectivity index (χ2v) is 9.09. The third-order valence-electron chi connectivity index (χ3n) is 7.04. The van der Waals surface area contributed by atoms with E-state index in [9.17, 15) is 22.4 Å². The number of methoxy groups -OCH3 is 1. The van der Waals surface area contributed by atoms with Gasteiger partial charge in [-0.2, -0.15) is 13.2 Å². The Morgan fingerprint density at radius 3 is 2.71 bits per heavy atom. The molecule has 1 saturated carbocycles. The molecule has 1 amide bonds. The normalized spacial score (nSPS) is 25.2. The maximum Gasteiger partial charge on any atom is 0.397 e. The highest BCUT2D eigenvalue weighted by molar-refractivity contribution is 5.92. The van der Waals surface area contributed by atoms with E-state index in [1.54, 1.807) is 17.0 Å². The molecule has 1 unspecified atom stereocenters. The van der Waals surface area contributed by atoms with Gasteiger partial charge in [0, 0.05) is 13.0 Å². The first kappa shape index (κ1) is 23.8. The molecule has 2 atom stereocenters. The fraction of sp³-hybridized carbons (Fsp3) is 0.500. The highest BCUT2D eigenvalue weighted by Gasteiger charge is 2.64. The summed E-state index contributed by atoms with van der Waals surface area (Å²) in [5, 5.41) is 0. The number of alkyl halides is 3. The first-order chi connectivity index (χ1) is 16.7. The van der Waals surface area contributed by atoms with Gasteiger partial charge in [-0.3, -0.25) is 4.79 Å². The molecule has 1 aromatic heterocycles. The molecule has 2 saturated heterocycles. The maximum absolute atomic E-state index is 13.8. The Bertz CT molecular complexity index is 1120. The molecule has 1 aromatic carbocycles. The molecular weight excluding hydrogens is 472 g/mol. The van der Waals surface area contributed by atoms with Gasteiger partial charge in [-0.05, 0) is 42.7 Å². The molecule has 7 nitrogen and oxygen atoms in total. The number of benzene rings is 1. The van der Waals surface area contributed by atoms with Crippen LogP contribution in [0.5, 0.6) is 11.6 Å². The van der Waals surface area contributed by atoms with Crippen LogP contribution >= 0.6 is 0 Å². The second-order valence-electron chi connectivity index (χ2n) is 9.09. The van der Waals surface area contributed by atoms with Crippen LogP contribution in [0.3, 0.4) is 0 Å². The molecule has 1 aliphatic carbocycles. The van der Waals surface area contributed by atoms with Crippen LogP contribution in [-0.4, -0.2) is 61.7 Å². The zero-order chi connectivity index (χ0) is 24.8. The number of piperidine rings is 1. The fourth-order valence-electron chi connectivity index (χ4n) is 4.67. The van der Waals surface area contributed by atoms with Crippen molar-refractivity contribution in [2.45, 2.75) is 37.1 Å². The number of rotatable bonds is 6. The number of carbonyl (C=O) groups is 1. The lowest BCUT2D eigenvalue weighted by atomic mass is 9.82. The molecule has 0 bridgehead atoms. The standard InChI is InChI=1S/C24H24F4N2O5/c1-32-20-18(33-13-22(7-8-22)24(26,27)28)6-5-17(29-20)21(31)30-10-9-23(19(12-30)34-14-35-23)15-3-2-4-16(25)11-15/h2-6,11,19H,7-10,12-14H2,1H3/t19?,23-/m0/s1. The number of likely N-dealkylation sites (tertiary alicyclic amines) is 1. The second kappa shape index (κ2) is 8.63. The monoisotopic (exact) mass is 496 g/mol. The molecule has 3 aliphatic rings. The van der Waals surface area contributed by atoms with Gasteiger partial charge in [0.1, 0.15) is 42.0 Å². The van der Waals surface area contributed by atoms with Crippen molar-refractivity contribution in [3.8, 4) is 11.6 Å². The van der Waals surface area contributed by atoms with Crippen molar-refractivity contribution in [1.29, 1.82) is 0 Å². The van der Waals surface area contributed by atoms with Gasteiger partial charge in [-0.15, -0.1) is 0 Å². The Morgan fingerprint density at radius 1 is 1.23 bits per heavy atom. The summed E-state index contributed by atoms with van der Waals surface area (Å²) < 4.78 is 75.6. The van der Waals surface area contributed by atoms with Gasteiger partial charge < -0.3 is 23.8 Å². The number of fused-ring (bicyclic) bond motifs is 1. The van der Waals surface area contributed by atoms with Gasteiger partial charge in [0.25, 0.3) is 11.8 Å². The van der Waals surface area contributed by atoms with Crippen LogP contribution in [0.1, 0.15) is 35.3 Å². The SMILES string of the molecule is COc1nc(C(=O)N2CC[C@@]3(c4cccc(F)c4)OCOC3C2)ccc1OCC1(C(F)(F)F)CC1. The Hall–Kier alpha value is -2.92. The van der Waals surface area contributed by atoms with Crippen LogP contribution < -0.4 is 9.47 Å². The van der Waals surface area contributed by atoms with E-state index in [2.05, 4.69) is 4.98 Å². The van der Waals surface area contributed by atoms with E-state index in [0.717, 1.165) is 0 Å². The van der Waals surface area contributed by atoms with Gasteiger partial charge in [0.2, 0.25) is 0 Å². The lowest BCUT2D eigenvalue weighted by Crippen LogP contribution is -2.53.